The number of fused-ring (bicyclic) bond motifs is 1. The first-order chi connectivity index (χ1) is 18.1. The first kappa shape index (κ1) is 27.6. The Labute approximate surface area is 219 Å². The normalized spacial score (nSPS) is 25.4. The van der Waals surface area contributed by atoms with Gasteiger partial charge in [-0.25, -0.2) is 9.08 Å². The van der Waals surface area contributed by atoms with Crippen LogP contribution in [0.25, 0.3) is 5.52 Å². The second-order valence-corrected chi connectivity index (χ2v) is 10.9. The summed E-state index contributed by atoms with van der Waals surface area (Å²) < 4.78 is 37.4. The Balaban J connectivity index is 1.58. The van der Waals surface area contributed by atoms with Crippen LogP contribution in [0.4, 0.5) is 5.69 Å². The van der Waals surface area contributed by atoms with Crippen LogP contribution >= 0.6 is 7.60 Å². The zero-order valence-electron chi connectivity index (χ0n) is 20.8. The molecule has 1 unspecified atom stereocenters. The molecule has 4 N–H and O–H groups in total. The summed E-state index contributed by atoms with van der Waals surface area (Å²) in [7, 11) is -4.02. The van der Waals surface area contributed by atoms with E-state index in [1.165, 1.54) is 23.7 Å². The Morgan fingerprint density at radius 1 is 1.29 bits per heavy atom. The van der Waals surface area contributed by atoms with Gasteiger partial charge in [0.25, 0.3) is 0 Å². The minimum absolute atomic E-state index is 0.149. The van der Waals surface area contributed by atoms with E-state index in [-0.39, 0.29) is 24.2 Å². The van der Waals surface area contributed by atoms with Crippen molar-refractivity contribution < 1.29 is 38.1 Å². The maximum atomic E-state index is 13.8. The number of hydrogen-bond acceptors (Lipinski definition) is 11. The highest BCUT2D eigenvalue weighted by atomic mass is 31.2. The number of carbonyl (C=O) groups excluding carboxylic acids is 1. The molecular formula is C25H29N4O8P. The molecule has 1 fully saturated rings. The molecule has 2 aromatic heterocycles. The van der Waals surface area contributed by atoms with Gasteiger partial charge in [-0.2, -0.15) is 10.4 Å². The molecule has 3 aromatic rings. The first-order valence-electron chi connectivity index (χ1n) is 12.0. The number of nitrogens with zero attached hydrogens (tertiary/aromatic N) is 3. The van der Waals surface area contributed by atoms with Gasteiger partial charge >= 0.3 is 13.6 Å². The van der Waals surface area contributed by atoms with Gasteiger partial charge < -0.3 is 29.9 Å². The summed E-state index contributed by atoms with van der Waals surface area (Å²) in [6.45, 7) is 2.83. The molecule has 1 saturated heterocycles. The number of rotatable bonds is 10. The minimum Gasteiger partial charge on any atom is -0.466 e. The van der Waals surface area contributed by atoms with Crippen LogP contribution in [0, 0.1) is 17.2 Å². The van der Waals surface area contributed by atoms with Gasteiger partial charge in [-0.15, -0.1) is 0 Å². The second-order valence-electron chi connectivity index (χ2n) is 8.89. The molecule has 3 heterocycles. The number of benzene rings is 1. The summed E-state index contributed by atoms with van der Waals surface area (Å²) in [6.07, 6.45) is -3.45. The smallest absolute Gasteiger partial charge is 0.380 e. The number of ether oxygens (including phenoxy) is 2. The third-order valence-corrected chi connectivity index (χ3v) is 8.23. The predicted molar refractivity (Wildman–Crippen MR) is 135 cm³/mol. The minimum atomic E-state index is -4.02. The molecule has 0 saturated carbocycles. The molecule has 202 valence electrons. The maximum absolute atomic E-state index is 13.8. The third kappa shape index (κ3) is 5.25. The molecule has 6 atom stereocenters. The van der Waals surface area contributed by atoms with Crippen molar-refractivity contribution in [3.05, 3.63) is 60.4 Å². The van der Waals surface area contributed by atoms with E-state index in [0.717, 1.165) is 0 Å². The fourth-order valence-electron chi connectivity index (χ4n) is 4.27. The lowest BCUT2D eigenvalue weighted by Gasteiger charge is -2.25. The van der Waals surface area contributed by atoms with Crippen LogP contribution in [0.2, 0.25) is 0 Å². The topological polar surface area (TPSA) is 179 Å². The van der Waals surface area contributed by atoms with E-state index in [1.54, 1.807) is 49.4 Å². The molecule has 0 amide bonds. The fourth-order valence-corrected chi connectivity index (χ4v) is 6.14. The lowest BCUT2D eigenvalue weighted by Crippen LogP contribution is -2.41. The monoisotopic (exact) mass is 544 g/mol. The summed E-state index contributed by atoms with van der Waals surface area (Å²) in [4.78, 5) is 12.2. The fraction of sp³-hybridized carbons (Fsp3) is 0.400. The number of nitriles is 1. The number of anilines is 1. The second kappa shape index (κ2) is 11.1. The van der Waals surface area contributed by atoms with Gasteiger partial charge in [0.2, 0.25) is 5.60 Å². The number of aliphatic hydroxyl groups excluding tert-OH is 2. The molecule has 1 aromatic carbocycles. The highest BCUT2D eigenvalue weighted by Gasteiger charge is 2.58. The average Bonchev–Trinajstić information content (AvgIpc) is 3.44. The molecular weight excluding hydrogens is 515 g/mol. The van der Waals surface area contributed by atoms with Crippen LogP contribution in [-0.2, 0) is 29.0 Å². The molecule has 0 spiro atoms. The number of nitrogens with two attached hydrogens (primary N) is 1. The van der Waals surface area contributed by atoms with Gasteiger partial charge in [0.1, 0.15) is 30.1 Å². The Morgan fingerprint density at radius 2 is 2.03 bits per heavy atom. The lowest BCUT2D eigenvalue weighted by molar-refractivity contribution is -0.146. The number of nitrogen functional groups attached to an aromatic ring is 1. The van der Waals surface area contributed by atoms with Crippen LogP contribution in [0.15, 0.2) is 54.7 Å². The summed E-state index contributed by atoms with van der Waals surface area (Å²) in [5.41, 5.74) is 4.98. The molecule has 1 aliphatic rings. The quantitative estimate of drug-likeness (QED) is 0.252. The van der Waals surface area contributed by atoms with E-state index in [2.05, 4.69) is 5.10 Å². The molecule has 4 rings (SSSR count). The Bertz CT molecular complexity index is 1380. The van der Waals surface area contributed by atoms with Crippen LogP contribution < -0.4 is 10.3 Å². The molecule has 38 heavy (non-hydrogen) atoms. The van der Waals surface area contributed by atoms with Crippen molar-refractivity contribution in [2.75, 3.05) is 25.1 Å². The standard InChI is InChI=1S/C25H29N4O8P/c1-3-34-24(32)16(2)14-38(33,37-17-7-5-4-6-8-17)35-13-20-22(30)23(31)25(15-26,36-20)21-10-9-19-18(27)11-12-28-29(19)21/h4-12,16,20,22-23,30-31H,3,13-14,27H2,1-2H3/t16-,20-,22-,23-,25+,38?/m1/s1. The van der Waals surface area contributed by atoms with Crippen molar-refractivity contribution in [2.24, 2.45) is 5.92 Å². The summed E-state index contributed by atoms with van der Waals surface area (Å²) in [5.74, 6) is -1.16. The molecule has 13 heteroatoms. The zero-order valence-corrected chi connectivity index (χ0v) is 21.7. The van der Waals surface area contributed by atoms with Crippen molar-refractivity contribution >= 4 is 24.8 Å². The number of para-hydroxylation sites is 1. The van der Waals surface area contributed by atoms with E-state index in [0.29, 0.717) is 11.2 Å². The summed E-state index contributed by atoms with van der Waals surface area (Å²) in [5, 5.41) is 36.0. The van der Waals surface area contributed by atoms with Gasteiger partial charge in [-0.05, 0) is 37.3 Å². The number of carbonyl (C=O) groups is 1. The third-order valence-electron chi connectivity index (χ3n) is 6.20. The van der Waals surface area contributed by atoms with E-state index in [9.17, 15) is 24.8 Å². The van der Waals surface area contributed by atoms with Crippen molar-refractivity contribution in [2.45, 2.75) is 37.8 Å². The molecule has 0 radical (unpaired) electrons. The molecule has 0 bridgehead atoms. The Morgan fingerprint density at radius 3 is 2.71 bits per heavy atom. The van der Waals surface area contributed by atoms with Crippen LogP contribution in [-0.4, -0.2) is 63.5 Å². The predicted octanol–water partition coefficient (Wildman–Crippen LogP) is 2.24. The SMILES string of the molecule is CCOC(=O)[C@H](C)CP(=O)(OC[C@H]1O[C@@](C#N)(c2ccc3c(N)ccnn23)[C@H](O)[C@@H]1O)Oc1ccccc1. The first-order valence-corrected chi connectivity index (χ1v) is 13.7. The van der Waals surface area contributed by atoms with Crippen molar-refractivity contribution in [1.82, 2.24) is 9.61 Å². The van der Waals surface area contributed by atoms with E-state index >= 15 is 0 Å². The molecule has 1 aliphatic heterocycles. The molecule has 12 nitrogen and oxygen atoms in total. The van der Waals surface area contributed by atoms with Gasteiger partial charge in [0, 0.05) is 6.20 Å². The van der Waals surface area contributed by atoms with E-state index in [4.69, 9.17) is 24.3 Å². The van der Waals surface area contributed by atoms with Crippen LogP contribution in [0.3, 0.4) is 0 Å². The summed E-state index contributed by atoms with van der Waals surface area (Å²) in [6, 6.07) is 14.9. The highest BCUT2D eigenvalue weighted by Crippen LogP contribution is 2.51. The number of aromatic nitrogens is 2. The van der Waals surface area contributed by atoms with E-state index < -0.39 is 50.0 Å². The van der Waals surface area contributed by atoms with E-state index in [1.807, 2.05) is 6.07 Å². The number of aliphatic hydroxyl groups is 2. The Hall–Kier alpha value is -3.46. The van der Waals surface area contributed by atoms with Gasteiger partial charge in [-0.3, -0.25) is 9.32 Å². The van der Waals surface area contributed by atoms with Crippen LogP contribution in [0.1, 0.15) is 19.5 Å². The number of hydrogen-bond donors (Lipinski definition) is 3. The van der Waals surface area contributed by atoms with Gasteiger partial charge in [0.15, 0.2) is 0 Å². The summed E-state index contributed by atoms with van der Waals surface area (Å²) >= 11 is 0. The van der Waals surface area contributed by atoms with Crippen molar-refractivity contribution in [3.8, 4) is 11.8 Å². The zero-order chi connectivity index (χ0) is 27.5. The van der Waals surface area contributed by atoms with Gasteiger partial charge in [-0.1, -0.05) is 25.1 Å². The lowest BCUT2D eigenvalue weighted by atomic mass is 9.92. The highest BCUT2D eigenvalue weighted by molar-refractivity contribution is 7.54. The van der Waals surface area contributed by atoms with Crippen molar-refractivity contribution in [1.29, 1.82) is 5.26 Å². The van der Waals surface area contributed by atoms with Crippen molar-refractivity contribution in [3.63, 3.8) is 0 Å². The Kier molecular flexibility index (Phi) is 8.06. The largest absolute Gasteiger partial charge is 0.466 e. The number of esters is 1. The average molecular weight is 545 g/mol. The maximum Gasteiger partial charge on any atom is 0.380 e. The van der Waals surface area contributed by atoms with Crippen LogP contribution in [0.5, 0.6) is 5.75 Å². The van der Waals surface area contributed by atoms with Gasteiger partial charge in [0.05, 0.1) is 42.2 Å². The molecule has 0 aliphatic carbocycles.